The van der Waals surface area contributed by atoms with Gasteiger partial charge in [-0.1, -0.05) is 29.3 Å². The zero-order valence-corrected chi connectivity index (χ0v) is 17.2. The summed E-state index contributed by atoms with van der Waals surface area (Å²) < 4.78 is 5.36. The Labute approximate surface area is 165 Å². The molecule has 1 aromatic rings. The van der Waals surface area contributed by atoms with Crippen LogP contribution in [-0.4, -0.2) is 41.6 Å². The largest absolute Gasteiger partial charge is 0.444 e. The summed E-state index contributed by atoms with van der Waals surface area (Å²) in [4.78, 5) is 26.2. The molecule has 0 aromatic heterocycles. The molecule has 1 N–H and O–H groups in total. The van der Waals surface area contributed by atoms with Crippen molar-refractivity contribution in [3.63, 3.8) is 0 Å². The molecule has 26 heavy (non-hydrogen) atoms. The fraction of sp³-hybridized carbons (Fsp3) is 0.579. The minimum Gasteiger partial charge on any atom is -0.444 e. The van der Waals surface area contributed by atoms with Crippen molar-refractivity contribution in [2.45, 2.75) is 52.2 Å². The lowest BCUT2D eigenvalue weighted by molar-refractivity contribution is -0.125. The van der Waals surface area contributed by atoms with Gasteiger partial charge in [0.25, 0.3) is 0 Å². The molecule has 0 bridgehead atoms. The molecule has 2 amide bonds. The molecule has 0 spiro atoms. The van der Waals surface area contributed by atoms with Gasteiger partial charge in [0.1, 0.15) is 5.60 Å². The number of likely N-dealkylation sites (tertiary alicyclic amines) is 1. The second kappa shape index (κ2) is 8.49. The Morgan fingerprint density at radius 2 is 2.04 bits per heavy atom. The lowest BCUT2D eigenvalue weighted by Crippen LogP contribution is -2.40. The molecule has 7 heteroatoms. The first kappa shape index (κ1) is 20.8. The molecule has 1 saturated heterocycles. The average molecular weight is 401 g/mol. The zero-order valence-electron chi connectivity index (χ0n) is 15.6. The molecule has 1 aromatic carbocycles. The van der Waals surface area contributed by atoms with Crippen molar-refractivity contribution < 1.29 is 14.3 Å². The van der Waals surface area contributed by atoms with E-state index in [1.165, 1.54) is 0 Å². The fourth-order valence-electron chi connectivity index (χ4n) is 2.90. The summed E-state index contributed by atoms with van der Waals surface area (Å²) in [5.74, 6) is -0.265. The molecule has 1 aliphatic rings. The van der Waals surface area contributed by atoms with Crippen molar-refractivity contribution in [1.29, 1.82) is 0 Å². The number of rotatable bonds is 4. The highest BCUT2D eigenvalue weighted by Crippen LogP contribution is 2.23. The first-order valence-electron chi connectivity index (χ1n) is 8.77. The van der Waals surface area contributed by atoms with Crippen LogP contribution in [-0.2, 0) is 16.0 Å². The van der Waals surface area contributed by atoms with E-state index in [2.05, 4.69) is 5.32 Å². The van der Waals surface area contributed by atoms with Crippen molar-refractivity contribution >= 4 is 35.2 Å². The van der Waals surface area contributed by atoms with Crippen molar-refractivity contribution in [2.75, 3.05) is 13.1 Å². The van der Waals surface area contributed by atoms with Gasteiger partial charge < -0.3 is 15.0 Å². The average Bonchev–Trinajstić information content (AvgIpc) is 2.98. The Kier molecular flexibility index (Phi) is 6.80. The van der Waals surface area contributed by atoms with Crippen molar-refractivity contribution in [3.05, 3.63) is 33.8 Å². The lowest BCUT2D eigenvalue weighted by atomic mass is 10.0. The summed E-state index contributed by atoms with van der Waals surface area (Å²) in [5, 5.41) is 4.19. The molecule has 5 nitrogen and oxygen atoms in total. The maximum Gasteiger partial charge on any atom is 0.410 e. The second-order valence-corrected chi connectivity index (χ2v) is 8.61. The molecule has 2 atom stereocenters. The predicted molar refractivity (Wildman–Crippen MR) is 104 cm³/mol. The quantitative estimate of drug-likeness (QED) is 0.819. The first-order chi connectivity index (χ1) is 12.0. The Bertz CT molecular complexity index is 673. The van der Waals surface area contributed by atoms with Gasteiger partial charge in [0.15, 0.2) is 0 Å². The molecule has 144 valence electrons. The van der Waals surface area contributed by atoms with E-state index >= 15 is 0 Å². The Balaban J connectivity index is 1.85. The highest BCUT2D eigenvalue weighted by molar-refractivity contribution is 6.35. The highest BCUT2D eigenvalue weighted by atomic mass is 35.5. The van der Waals surface area contributed by atoms with Gasteiger partial charge in [0.05, 0.1) is 5.92 Å². The van der Waals surface area contributed by atoms with Gasteiger partial charge in [-0.2, -0.15) is 0 Å². The number of nitrogens with one attached hydrogen (secondary N) is 1. The number of benzene rings is 1. The Morgan fingerprint density at radius 1 is 1.35 bits per heavy atom. The predicted octanol–water partition coefficient (Wildman–Crippen LogP) is 4.30. The third-order valence-corrected chi connectivity index (χ3v) is 4.73. The van der Waals surface area contributed by atoms with Crippen LogP contribution in [0, 0.1) is 5.92 Å². The van der Waals surface area contributed by atoms with Gasteiger partial charge in [-0.15, -0.1) is 0 Å². The van der Waals surface area contributed by atoms with Gasteiger partial charge in [0, 0.05) is 29.2 Å². The fourth-order valence-corrected chi connectivity index (χ4v) is 3.38. The van der Waals surface area contributed by atoms with Gasteiger partial charge in [-0.3, -0.25) is 4.79 Å². The molecule has 2 rings (SSSR count). The van der Waals surface area contributed by atoms with Crippen LogP contribution in [0.2, 0.25) is 10.0 Å². The van der Waals surface area contributed by atoms with Gasteiger partial charge >= 0.3 is 6.09 Å². The van der Waals surface area contributed by atoms with Crippen LogP contribution in [0.1, 0.15) is 39.7 Å². The molecule has 0 aliphatic carbocycles. The van der Waals surface area contributed by atoms with Crippen LogP contribution in [0.4, 0.5) is 4.79 Å². The summed E-state index contributed by atoms with van der Waals surface area (Å²) in [7, 11) is 0. The summed E-state index contributed by atoms with van der Waals surface area (Å²) in [5.41, 5.74) is 0.398. The Morgan fingerprint density at radius 3 is 2.65 bits per heavy atom. The van der Waals surface area contributed by atoms with Crippen LogP contribution in [0.3, 0.4) is 0 Å². The molecule has 1 aliphatic heterocycles. The number of amides is 2. The van der Waals surface area contributed by atoms with E-state index in [9.17, 15) is 9.59 Å². The summed E-state index contributed by atoms with van der Waals surface area (Å²) in [6.45, 7) is 8.33. The van der Waals surface area contributed by atoms with Gasteiger partial charge in [0.2, 0.25) is 5.91 Å². The van der Waals surface area contributed by atoms with Crippen LogP contribution in [0.5, 0.6) is 0 Å². The SMILES string of the molecule is CC(Cc1ccc(Cl)cc1Cl)NC(=O)C1CCN(C(=O)OC(C)(C)C)C1. The van der Waals surface area contributed by atoms with Crippen molar-refractivity contribution in [2.24, 2.45) is 5.92 Å². The number of hydrogen-bond acceptors (Lipinski definition) is 3. The summed E-state index contributed by atoms with van der Waals surface area (Å²) in [6, 6.07) is 5.28. The standard InChI is InChI=1S/C19H26Cl2N2O3/c1-12(9-13-5-6-15(20)10-16(13)21)22-17(24)14-7-8-23(11-14)18(25)26-19(2,3)4/h5-6,10,12,14H,7-9,11H2,1-4H3,(H,22,24). The van der Waals surface area contributed by atoms with E-state index in [0.717, 1.165) is 5.56 Å². The minimum atomic E-state index is -0.538. The monoisotopic (exact) mass is 400 g/mol. The third-order valence-electron chi connectivity index (χ3n) is 4.14. The highest BCUT2D eigenvalue weighted by Gasteiger charge is 2.33. The van der Waals surface area contributed by atoms with Crippen LogP contribution < -0.4 is 5.32 Å². The maximum atomic E-state index is 12.5. The number of carbonyl (C=O) groups is 2. The van der Waals surface area contributed by atoms with E-state index in [1.54, 1.807) is 17.0 Å². The van der Waals surface area contributed by atoms with E-state index < -0.39 is 5.60 Å². The number of halogens is 2. The topological polar surface area (TPSA) is 58.6 Å². The molecule has 2 unspecified atom stereocenters. The van der Waals surface area contributed by atoms with E-state index in [4.69, 9.17) is 27.9 Å². The lowest BCUT2D eigenvalue weighted by Gasteiger charge is -2.24. The molecule has 1 fully saturated rings. The first-order valence-corrected chi connectivity index (χ1v) is 9.53. The van der Waals surface area contributed by atoms with Crippen molar-refractivity contribution in [1.82, 2.24) is 10.2 Å². The Hall–Kier alpha value is -1.46. The number of hydrogen-bond donors (Lipinski definition) is 1. The number of ether oxygens (including phenoxy) is 1. The summed E-state index contributed by atoms with van der Waals surface area (Å²) >= 11 is 12.1. The maximum absolute atomic E-state index is 12.5. The molecule has 0 radical (unpaired) electrons. The summed E-state index contributed by atoms with van der Waals surface area (Å²) in [6.07, 6.45) is 0.887. The van der Waals surface area contributed by atoms with Gasteiger partial charge in [-0.05, 0) is 58.2 Å². The zero-order chi connectivity index (χ0) is 19.5. The molecular weight excluding hydrogens is 375 g/mol. The van der Waals surface area contributed by atoms with Gasteiger partial charge in [-0.25, -0.2) is 4.79 Å². The molecule has 0 saturated carbocycles. The molecule has 1 heterocycles. The molecular formula is C19H26Cl2N2O3. The van der Waals surface area contributed by atoms with E-state index in [0.29, 0.717) is 36.0 Å². The van der Waals surface area contributed by atoms with E-state index in [1.807, 2.05) is 33.8 Å². The van der Waals surface area contributed by atoms with Crippen molar-refractivity contribution in [3.8, 4) is 0 Å². The van der Waals surface area contributed by atoms with E-state index in [-0.39, 0.29) is 24.0 Å². The third kappa shape index (κ3) is 6.06. The number of nitrogens with zero attached hydrogens (tertiary/aromatic N) is 1. The van der Waals surface area contributed by atoms with Crippen LogP contribution in [0.25, 0.3) is 0 Å². The normalized spacial score (nSPS) is 18.5. The second-order valence-electron chi connectivity index (χ2n) is 7.76. The van der Waals surface area contributed by atoms with Crippen LogP contribution in [0.15, 0.2) is 18.2 Å². The van der Waals surface area contributed by atoms with Crippen LogP contribution >= 0.6 is 23.2 Å². The number of carbonyl (C=O) groups excluding carboxylic acids is 2. The minimum absolute atomic E-state index is 0.0476. The smallest absolute Gasteiger partial charge is 0.410 e.